The van der Waals surface area contributed by atoms with Crippen LogP contribution >= 0.6 is 0 Å². The summed E-state index contributed by atoms with van der Waals surface area (Å²) in [6.45, 7) is 5.77. The van der Waals surface area contributed by atoms with Gasteiger partial charge in [0.1, 0.15) is 0 Å². The Morgan fingerprint density at radius 3 is 2.38 bits per heavy atom. The average Bonchev–Trinajstić information content (AvgIpc) is 3.20. The smallest absolute Gasteiger partial charge is 0.216 e. The largest absolute Gasteiger partial charge is 0.313 e. The highest BCUT2D eigenvalue weighted by Gasteiger charge is 2.25. The van der Waals surface area contributed by atoms with Gasteiger partial charge in [0.15, 0.2) is 0 Å². The molecule has 0 spiro atoms. The highest BCUT2D eigenvalue weighted by atomic mass is 32.2. The lowest BCUT2D eigenvalue weighted by molar-refractivity contribution is 0.529. The Morgan fingerprint density at radius 2 is 1.81 bits per heavy atom. The molecule has 2 rings (SSSR count). The summed E-state index contributed by atoms with van der Waals surface area (Å²) in [5, 5.41) is 3.25. The van der Waals surface area contributed by atoms with E-state index in [1.165, 1.54) is 18.4 Å². The fourth-order valence-electron chi connectivity index (χ4n) is 2.49. The van der Waals surface area contributed by atoms with Crippen LogP contribution in [0.5, 0.6) is 0 Å². The zero-order valence-corrected chi connectivity index (χ0v) is 13.7. The number of hydrogen-bond donors (Lipinski definition) is 2. The Labute approximate surface area is 128 Å². The van der Waals surface area contributed by atoms with Gasteiger partial charge in [0.2, 0.25) is 10.0 Å². The average molecular weight is 310 g/mol. The molecule has 1 fully saturated rings. The van der Waals surface area contributed by atoms with Crippen LogP contribution in [0.2, 0.25) is 0 Å². The minimum absolute atomic E-state index is 0.0375. The van der Waals surface area contributed by atoms with Gasteiger partial charge in [-0.25, -0.2) is 13.1 Å². The molecule has 0 amide bonds. The molecule has 1 unspecified atom stereocenters. The number of rotatable bonds is 9. The van der Waals surface area contributed by atoms with Crippen molar-refractivity contribution in [1.29, 1.82) is 0 Å². The van der Waals surface area contributed by atoms with Crippen molar-refractivity contribution in [3.05, 3.63) is 35.4 Å². The van der Waals surface area contributed by atoms with Gasteiger partial charge < -0.3 is 5.32 Å². The summed E-state index contributed by atoms with van der Waals surface area (Å²) < 4.78 is 27.1. The molecule has 5 heteroatoms. The maximum atomic E-state index is 12.1. The molecule has 21 heavy (non-hydrogen) atoms. The number of benzene rings is 1. The fraction of sp³-hybridized carbons (Fsp3) is 0.625. The minimum atomic E-state index is -3.25. The van der Waals surface area contributed by atoms with E-state index in [1.54, 1.807) is 0 Å². The van der Waals surface area contributed by atoms with Crippen LogP contribution in [0.25, 0.3) is 0 Å². The van der Waals surface area contributed by atoms with Crippen LogP contribution in [-0.2, 0) is 22.3 Å². The first kappa shape index (κ1) is 16.5. The van der Waals surface area contributed by atoms with Gasteiger partial charge in [0.25, 0.3) is 0 Å². The molecule has 0 saturated heterocycles. The lowest BCUT2D eigenvalue weighted by Gasteiger charge is -2.14. The van der Waals surface area contributed by atoms with Crippen LogP contribution < -0.4 is 10.0 Å². The molecule has 0 heterocycles. The minimum Gasteiger partial charge on any atom is -0.313 e. The quantitative estimate of drug-likeness (QED) is 0.736. The van der Waals surface area contributed by atoms with Crippen molar-refractivity contribution >= 4 is 10.0 Å². The highest BCUT2D eigenvalue weighted by molar-refractivity contribution is 7.88. The van der Waals surface area contributed by atoms with E-state index in [2.05, 4.69) is 17.0 Å². The van der Waals surface area contributed by atoms with Crippen molar-refractivity contribution in [1.82, 2.24) is 10.0 Å². The topological polar surface area (TPSA) is 58.2 Å². The standard InChI is InChI=1S/C16H26N2O2S/c1-3-17-11-15-6-8-16(9-7-15)12-21(19,20)18-13(2)10-14-4-5-14/h6-9,13-14,17-18H,3-5,10-12H2,1-2H3. The fourth-order valence-corrected chi connectivity index (χ4v) is 3.92. The maximum absolute atomic E-state index is 12.1. The normalized spacial score (nSPS) is 16.9. The summed E-state index contributed by atoms with van der Waals surface area (Å²) in [6.07, 6.45) is 3.46. The second-order valence-electron chi connectivity index (χ2n) is 6.05. The summed E-state index contributed by atoms with van der Waals surface area (Å²) in [6, 6.07) is 7.81. The highest BCUT2D eigenvalue weighted by Crippen LogP contribution is 2.33. The van der Waals surface area contributed by atoms with Crippen molar-refractivity contribution in [3.8, 4) is 0 Å². The van der Waals surface area contributed by atoms with Gasteiger partial charge in [-0.3, -0.25) is 0 Å². The SMILES string of the molecule is CCNCc1ccc(CS(=O)(=O)NC(C)CC2CC2)cc1. The van der Waals surface area contributed by atoms with E-state index in [-0.39, 0.29) is 11.8 Å². The predicted molar refractivity (Wildman–Crippen MR) is 86.4 cm³/mol. The number of sulfonamides is 1. The van der Waals surface area contributed by atoms with E-state index in [4.69, 9.17) is 0 Å². The van der Waals surface area contributed by atoms with Gasteiger partial charge >= 0.3 is 0 Å². The Hall–Kier alpha value is -0.910. The predicted octanol–water partition coefficient (Wildman–Crippen LogP) is 2.40. The van der Waals surface area contributed by atoms with E-state index in [0.717, 1.165) is 31.0 Å². The second kappa shape index (κ2) is 7.38. The first-order valence-corrected chi connectivity index (χ1v) is 9.42. The summed E-state index contributed by atoms with van der Waals surface area (Å²) in [5.74, 6) is 0.789. The molecule has 2 N–H and O–H groups in total. The molecular weight excluding hydrogens is 284 g/mol. The molecule has 1 aliphatic carbocycles. The van der Waals surface area contributed by atoms with Crippen LogP contribution in [-0.4, -0.2) is 21.0 Å². The number of hydrogen-bond acceptors (Lipinski definition) is 3. The van der Waals surface area contributed by atoms with E-state index in [9.17, 15) is 8.42 Å². The molecule has 118 valence electrons. The van der Waals surface area contributed by atoms with E-state index in [0.29, 0.717) is 0 Å². The molecule has 0 aliphatic heterocycles. The van der Waals surface area contributed by atoms with Crippen LogP contribution in [0.3, 0.4) is 0 Å². The van der Waals surface area contributed by atoms with Crippen LogP contribution in [0.1, 0.15) is 44.2 Å². The van der Waals surface area contributed by atoms with Crippen molar-refractivity contribution in [2.75, 3.05) is 6.54 Å². The Bertz CT molecular complexity index is 536. The molecule has 1 atom stereocenters. The third-order valence-electron chi connectivity index (χ3n) is 3.72. The van der Waals surface area contributed by atoms with E-state index in [1.807, 2.05) is 31.2 Å². The van der Waals surface area contributed by atoms with Crippen molar-refractivity contribution < 1.29 is 8.42 Å². The van der Waals surface area contributed by atoms with E-state index < -0.39 is 10.0 Å². The van der Waals surface area contributed by atoms with Gasteiger partial charge in [-0.1, -0.05) is 44.0 Å². The molecule has 1 aromatic rings. The summed E-state index contributed by atoms with van der Waals surface area (Å²) in [4.78, 5) is 0. The third kappa shape index (κ3) is 6.16. The Kier molecular flexibility index (Phi) is 5.79. The Balaban J connectivity index is 1.86. The summed E-state index contributed by atoms with van der Waals surface area (Å²) in [7, 11) is -3.25. The first-order valence-electron chi connectivity index (χ1n) is 7.77. The Morgan fingerprint density at radius 1 is 1.19 bits per heavy atom. The van der Waals surface area contributed by atoms with Crippen LogP contribution in [0.15, 0.2) is 24.3 Å². The zero-order chi connectivity index (χ0) is 15.3. The molecule has 0 bridgehead atoms. The molecule has 0 radical (unpaired) electrons. The summed E-state index contributed by atoms with van der Waals surface area (Å²) >= 11 is 0. The monoisotopic (exact) mass is 310 g/mol. The van der Waals surface area contributed by atoms with E-state index >= 15 is 0 Å². The molecule has 0 aromatic heterocycles. The molecule has 1 aromatic carbocycles. The van der Waals surface area contributed by atoms with Gasteiger partial charge in [0.05, 0.1) is 5.75 Å². The molecular formula is C16H26N2O2S. The zero-order valence-electron chi connectivity index (χ0n) is 12.9. The van der Waals surface area contributed by atoms with Crippen molar-refractivity contribution in [3.63, 3.8) is 0 Å². The van der Waals surface area contributed by atoms with Crippen molar-refractivity contribution in [2.24, 2.45) is 5.92 Å². The van der Waals surface area contributed by atoms with Crippen LogP contribution in [0.4, 0.5) is 0 Å². The maximum Gasteiger partial charge on any atom is 0.216 e. The lowest BCUT2D eigenvalue weighted by atomic mass is 10.1. The van der Waals surface area contributed by atoms with Gasteiger partial charge in [-0.05, 0) is 36.9 Å². The van der Waals surface area contributed by atoms with Gasteiger partial charge in [0, 0.05) is 12.6 Å². The van der Waals surface area contributed by atoms with Crippen LogP contribution in [0, 0.1) is 5.92 Å². The molecule has 1 aliphatic rings. The molecule has 1 saturated carbocycles. The first-order chi connectivity index (χ1) is 9.98. The second-order valence-corrected chi connectivity index (χ2v) is 7.81. The van der Waals surface area contributed by atoms with Gasteiger partial charge in [-0.2, -0.15) is 0 Å². The molecule has 4 nitrogen and oxygen atoms in total. The van der Waals surface area contributed by atoms with Crippen molar-refractivity contribution in [2.45, 2.75) is 51.4 Å². The number of nitrogens with one attached hydrogen (secondary N) is 2. The summed E-state index contributed by atoms with van der Waals surface area (Å²) in [5.41, 5.74) is 2.01. The lowest BCUT2D eigenvalue weighted by Crippen LogP contribution is -2.33. The van der Waals surface area contributed by atoms with Gasteiger partial charge in [-0.15, -0.1) is 0 Å². The third-order valence-corrected chi connectivity index (χ3v) is 5.20.